The molecule has 7 nitrogen and oxygen atoms in total. The molecule has 0 aliphatic carbocycles. The molecule has 0 unspecified atom stereocenters. The third-order valence-electron chi connectivity index (χ3n) is 6.84. The van der Waals surface area contributed by atoms with Gasteiger partial charge >= 0.3 is 0 Å². The van der Waals surface area contributed by atoms with Gasteiger partial charge in [-0.2, -0.15) is 5.10 Å². The van der Waals surface area contributed by atoms with Crippen LogP contribution in [-0.4, -0.2) is 50.2 Å². The Labute approximate surface area is 193 Å². The van der Waals surface area contributed by atoms with Crippen LogP contribution in [0.2, 0.25) is 0 Å². The first-order valence-electron chi connectivity index (χ1n) is 11.6. The van der Waals surface area contributed by atoms with Crippen molar-refractivity contribution in [2.45, 2.75) is 45.1 Å². The van der Waals surface area contributed by atoms with Gasteiger partial charge in [-0.15, -0.1) is 0 Å². The van der Waals surface area contributed by atoms with Gasteiger partial charge in [0, 0.05) is 56.6 Å². The van der Waals surface area contributed by atoms with E-state index in [0.717, 1.165) is 55.1 Å². The van der Waals surface area contributed by atoms with Crippen molar-refractivity contribution >= 4 is 11.7 Å². The first kappa shape index (κ1) is 21.6. The molecule has 3 aromatic rings. The number of anilines is 1. The first-order valence-corrected chi connectivity index (χ1v) is 11.6. The molecule has 0 radical (unpaired) electrons. The van der Waals surface area contributed by atoms with Crippen LogP contribution in [0.25, 0.3) is 0 Å². The minimum atomic E-state index is -0.216. The van der Waals surface area contributed by atoms with E-state index in [0.29, 0.717) is 25.3 Å². The molecule has 1 fully saturated rings. The lowest BCUT2D eigenvalue weighted by Gasteiger charge is -2.34. The van der Waals surface area contributed by atoms with Crippen molar-refractivity contribution in [1.82, 2.24) is 24.6 Å². The van der Waals surface area contributed by atoms with Crippen molar-refractivity contribution in [2.24, 2.45) is 7.05 Å². The highest BCUT2D eigenvalue weighted by atomic mass is 19.1. The number of carbonyl (C=O) groups is 1. The van der Waals surface area contributed by atoms with Crippen molar-refractivity contribution in [1.29, 1.82) is 0 Å². The van der Waals surface area contributed by atoms with E-state index in [1.54, 1.807) is 24.0 Å². The number of piperidine rings is 1. The predicted molar refractivity (Wildman–Crippen MR) is 124 cm³/mol. The Morgan fingerprint density at radius 2 is 1.85 bits per heavy atom. The maximum atomic E-state index is 13.3. The summed E-state index contributed by atoms with van der Waals surface area (Å²) in [5.74, 6) is 1.94. The Balaban J connectivity index is 1.33. The standard InChI is InChI=1S/C25H29FN6O/c1-17-21-4-3-13-32(16-18-5-7-20(26)8-6-18)24(21)29-23(28-17)19-10-14-31(15-11-19)25(33)22-9-12-27-30(22)2/h5-9,12,19H,3-4,10-11,13-16H2,1-2H3. The van der Waals surface area contributed by atoms with Crippen LogP contribution in [0.1, 0.15) is 58.3 Å². The average Bonchev–Trinajstić information content (AvgIpc) is 3.26. The van der Waals surface area contributed by atoms with E-state index in [2.05, 4.69) is 16.9 Å². The predicted octanol–water partition coefficient (Wildman–Crippen LogP) is 3.63. The van der Waals surface area contributed by atoms with Crippen molar-refractivity contribution < 1.29 is 9.18 Å². The fourth-order valence-electron chi connectivity index (χ4n) is 4.94. The van der Waals surface area contributed by atoms with Gasteiger partial charge in [-0.3, -0.25) is 9.48 Å². The van der Waals surface area contributed by atoms with Gasteiger partial charge in [0.1, 0.15) is 23.2 Å². The topological polar surface area (TPSA) is 67.2 Å². The molecule has 2 aliphatic heterocycles. The zero-order valence-corrected chi connectivity index (χ0v) is 19.2. The number of amides is 1. The molecule has 172 valence electrons. The quantitative estimate of drug-likeness (QED) is 0.610. The van der Waals surface area contributed by atoms with Crippen molar-refractivity contribution in [3.8, 4) is 0 Å². The van der Waals surface area contributed by atoms with Gasteiger partial charge in [0.05, 0.1) is 0 Å². The lowest BCUT2D eigenvalue weighted by atomic mass is 9.94. The second-order valence-corrected chi connectivity index (χ2v) is 9.03. The number of hydrogen-bond acceptors (Lipinski definition) is 5. The van der Waals surface area contributed by atoms with E-state index in [1.165, 1.54) is 17.7 Å². The SMILES string of the molecule is Cc1nc(C2CCN(C(=O)c3ccnn3C)CC2)nc2c1CCCN2Cc1ccc(F)cc1. The largest absolute Gasteiger partial charge is 0.352 e. The Kier molecular flexibility index (Phi) is 5.83. The van der Waals surface area contributed by atoms with Crippen LogP contribution in [-0.2, 0) is 20.0 Å². The third kappa shape index (κ3) is 4.34. The molecule has 0 saturated carbocycles. The molecule has 4 heterocycles. The molecule has 1 amide bonds. The highest BCUT2D eigenvalue weighted by molar-refractivity contribution is 5.92. The molecule has 2 aliphatic rings. The lowest BCUT2D eigenvalue weighted by molar-refractivity contribution is 0.0700. The molecular formula is C25H29FN6O. The molecule has 33 heavy (non-hydrogen) atoms. The Morgan fingerprint density at radius 1 is 1.09 bits per heavy atom. The van der Waals surface area contributed by atoms with E-state index in [-0.39, 0.29) is 17.6 Å². The molecule has 8 heteroatoms. The summed E-state index contributed by atoms with van der Waals surface area (Å²) in [6.07, 6.45) is 5.40. The number of hydrogen-bond donors (Lipinski definition) is 0. The summed E-state index contributed by atoms with van der Waals surface area (Å²) < 4.78 is 15.0. The van der Waals surface area contributed by atoms with Gasteiger partial charge in [-0.1, -0.05) is 12.1 Å². The fraction of sp³-hybridized carbons (Fsp3) is 0.440. The maximum Gasteiger partial charge on any atom is 0.272 e. The van der Waals surface area contributed by atoms with Crippen LogP contribution in [0.4, 0.5) is 10.2 Å². The van der Waals surface area contributed by atoms with Gasteiger partial charge in [0.2, 0.25) is 0 Å². The van der Waals surface area contributed by atoms with Crippen LogP contribution < -0.4 is 4.90 Å². The second-order valence-electron chi connectivity index (χ2n) is 9.03. The summed E-state index contributed by atoms with van der Waals surface area (Å²) in [7, 11) is 1.79. The van der Waals surface area contributed by atoms with Crippen molar-refractivity contribution in [3.63, 3.8) is 0 Å². The van der Waals surface area contributed by atoms with Crippen molar-refractivity contribution in [2.75, 3.05) is 24.5 Å². The van der Waals surface area contributed by atoms with Crippen LogP contribution >= 0.6 is 0 Å². The number of aryl methyl sites for hydroxylation is 2. The van der Waals surface area contributed by atoms with Gasteiger partial charge in [-0.05, 0) is 56.4 Å². The van der Waals surface area contributed by atoms with Crippen molar-refractivity contribution in [3.05, 3.63) is 70.7 Å². The molecule has 0 spiro atoms. The number of fused-ring (bicyclic) bond motifs is 1. The zero-order valence-electron chi connectivity index (χ0n) is 19.2. The first-order chi connectivity index (χ1) is 16.0. The molecule has 1 saturated heterocycles. The smallest absolute Gasteiger partial charge is 0.272 e. The number of halogens is 1. The Morgan fingerprint density at radius 3 is 2.55 bits per heavy atom. The lowest BCUT2D eigenvalue weighted by Crippen LogP contribution is -2.39. The van der Waals surface area contributed by atoms with E-state index >= 15 is 0 Å². The average molecular weight is 449 g/mol. The molecule has 1 aromatic carbocycles. The highest BCUT2D eigenvalue weighted by Crippen LogP contribution is 2.33. The van der Waals surface area contributed by atoms with E-state index < -0.39 is 0 Å². The molecular weight excluding hydrogens is 419 g/mol. The molecule has 0 bridgehead atoms. The number of likely N-dealkylation sites (tertiary alicyclic amines) is 1. The summed E-state index contributed by atoms with van der Waals surface area (Å²) in [6, 6.07) is 8.47. The van der Waals surface area contributed by atoms with Crippen LogP contribution in [0.15, 0.2) is 36.5 Å². The van der Waals surface area contributed by atoms with E-state index in [4.69, 9.17) is 9.97 Å². The minimum Gasteiger partial charge on any atom is -0.352 e. The Hall–Kier alpha value is -3.29. The monoisotopic (exact) mass is 448 g/mol. The van der Waals surface area contributed by atoms with Crippen LogP contribution in [0.3, 0.4) is 0 Å². The second kappa shape index (κ2) is 8.92. The number of aromatic nitrogens is 4. The maximum absolute atomic E-state index is 13.3. The normalized spacial score (nSPS) is 16.7. The molecule has 2 aromatic heterocycles. The minimum absolute atomic E-state index is 0.0291. The Bertz CT molecular complexity index is 1150. The number of nitrogens with zero attached hydrogens (tertiary/aromatic N) is 6. The number of rotatable bonds is 4. The summed E-state index contributed by atoms with van der Waals surface area (Å²) in [6.45, 7) is 5.09. The molecule has 5 rings (SSSR count). The summed E-state index contributed by atoms with van der Waals surface area (Å²) in [4.78, 5) is 27.0. The van der Waals surface area contributed by atoms with E-state index in [9.17, 15) is 9.18 Å². The van der Waals surface area contributed by atoms with Gasteiger partial charge < -0.3 is 9.80 Å². The van der Waals surface area contributed by atoms with E-state index in [1.807, 2.05) is 17.0 Å². The van der Waals surface area contributed by atoms with Crippen LogP contribution in [0.5, 0.6) is 0 Å². The third-order valence-corrected chi connectivity index (χ3v) is 6.84. The van der Waals surface area contributed by atoms with Gasteiger partial charge in [0.25, 0.3) is 5.91 Å². The zero-order chi connectivity index (χ0) is 22.9. The molecule has 0 N–H and O–H groups in total. The summed E-state index contributed by atoms with van der Waals surface area (Å²) >= 11 is 0. The van der Waals surface area contributed by atoms with Gasteiger partial charge in [-0.25, -0.2) is 14.4 Å². The number of benzene rings is 1. The summed E-state index contributed by atoms with van der Waals surface area (Å²) in [5.41, 5.74) is 3.96. The molecule has 0 atom stereocenters. The fourth-order valence-corrected chi connectivity index (χ4v) is 4.94. The summed E-state index contributed by atoms with van der Waals surface area (Å²) in [5, 5.41) is 4.11. The highest BCUT2D eigenvalue weighted by Gasteiger charge is 2.29. The number of carbonyl (C=O) groups excluding carboxylic acids is 1. The van der Waals surface area contributed by atoms with Crippen LogP contribution in [0, 0.1) is 12.7 Å². The van der Waals surface area contributed by atoms with Gasteiger partial charge in [0.15, 0.2) is 0 Å².